The van der Waals surface area contributed by atoms with E-state index < -0.39 is 0 Å². The minimum Gasteiger partial charge on any atom is -0.481 e. The molecule has 2 rings (SSSR count). The first-order chi connectivity index (χ1) is 7.85. The van der Waals surface area contributed by atoms with Gasteiger partial charge in [0.2, 0.25) is 5.88 Å². The van der Waals surface area contributed by atoms with Gasteiger partial charge in [-0.05, 0) is 20.0 Å². The molecule has 0 radical (unpaired) electrons. The summed E-state index contributed by atoms with van der Waals surface area (Å²) in [6.07, 6.45) is 1.89. The van der Waals surface area contributed by atoms with Gasteiger partial charge in [0.1, 0.15) is 5.82 Å². The molecule has 0 fully saturated rings. The summed E-state index contributed by atoms with van der Waals surface area (Å²) in [6, 6.07) is 0. The Morgan fingerprint density at radius 3 is 3.00 bits per heavy atom. The van der Waals surface area contributed by atoms with Gasteiger partial charge < -0.3 is 14.8 Å². The van der Waals surface area contributed by atoms with E-state index >= 15 is 0 Å². The van der Waals surface area contributed by atoms with E-state index in [2.05, 4.69) is 15.3 Å². The summed E-state index contributed by atoms with van der Waals surface area (Å²) in [4.78, 5) is 8.88. The van der Waals surface area contributed by atoms with Gasteiger partial charge in [-0.25, -0.2) is 4.98 Å². The van der Waals surface area contributed by atoms with Gasteiger partial charge in [0, 0.05) is 6.42 Å². The average Bonchev–Trinajstić information content (AvgIpc) is 2.76. The van der Waals surface area contributed by atoms with Crippen molar-refractivity contribution in [1.82, 2.24) is 15.3 Å². The molecule has 0 spiro atoms. The van der Waals surface area contributed by atoms with Gasteiger partial charge in [0.05, 0.1) is 31.6 Å². The summed E-state index contributed by atoms with van der Waals surface area (Å²) in [5.74, 6) is 1.51. The molecule has 0 saturated carbocycles. The number of ether oxygens (including phenoxy) is 2. The zero-order chi connectivity index (χ0) is 11.4. The highest BCUT2D eigenvalue weighted by atomic mass is 16.5. The molecule has 0 unspecified atom stereocenters. The van der Waals surface area contributed by atoms with Crippen LogP contribution in [0.2, 0.25) is 0 Å². The number of aryl methyl sites for hydroxylation is 1. The lowest BCUT2D eigenvalue weighted by Crippen LogP contribution is -2.10. The van der Waals surface area contributed by atoms with Crippen LogP contribution in [0.15, 0.2) is 0 Å². The highest BCUT2D eigenvalue weighted by Crippen LogP contribution is 2.26. The lowest BCUT2D eigenvalue weighted by atomic mass is 10.2. The summed E-state index contributed by atoms with van der Waals surface area (Å²) in [5, 5.41) is 3.11. The largest absolute Gasteiger partial charge is 0.481 e. The Kier molecular flexibility index (Phi) is 3.69. The minimum atomic E-state index is 0.565. The molecule has 16 heavy (non-hydrogen) atoms. The molecule has 2 heterocycles. The van der Waals surface area contributed by atoms with Crippen molar-refractivity contribution < 1.29 is 9.47 Å². The van der Waals surface area contributed by atoms with E-state index in [0.717, 1.165) is 36.5 Å². The first-order valence-corrected chi connectivity index (χ1v) is 5.50. The molecule has 1 N–H and O–H groups in total. The van der Waals surface area contributed by atoms with E-state index in [0.29, 0.717) is 19.1 Å². The summed E-state index contributed by atoms with van der Waals surface area (Å²) < 4.78 is 10.6. The van der Waals surface area contributed by atoms with E-state index in [4.69, 9.17) is 9.47 Å². The van der Waals surface area contributed by atoms with Crippen molar-refractivity contribution >= 4 is 0 Å². The van der Waals surface area contributed by atoms with Crippen LogP contribution in [0.1, 0.15) is 23.5 Å². The second-order valence-corrected chi connectivity index (χ2v) is 3.77. The summed E-state index contributed by atoms with van der Waals surface area (Å²) in [7, 11) is 3.58. The Morgan fingerprint density at radius 1 is 1.38 bits per heavy atom. The average molecular weight is 223 g/mol. The van der Waals surface area contributed by atoms with Gasteiger partial charge in [-0.1, -0.05) is 0 Å². The number of fused-ring (bicyclic) bond motifs is 1. The fraction of sp³-hybridized carbons (Fsp3) is 0.636. The SMILES string of the molecule is CNCCCc1nc2c(c(OC)n1)COC2. The Labute approximate surface area is 95.2 Å². The number of methoxy groups -OCH3 is 1. The Balaban J connectivity index is 2.14. The maximum Gasteiger partial charge on any atom is 0.222 e. The predicted molar refractivity (Wildman–Crippen MR) is 59.3 cm³/mol. The Morgan fingerprint density at radius 2 is 2.25 bits per heavy atom. The van der Waals surface area contributed by atoms with Gasteiger partial charge in [-0.2, -0.15) is 4.98 Å². The number of rotatable bonds is 5. The van der Waals surface area contributed by atoms with E-state index in [1.54, 1.807) is 7.11 Å². The second-order valence-electron chi connectivity index (χ2n) is 3.77. The standard InChI is InChI=1S/C11H17N3O2/c1-12-5-3-4-10-13-9-7-16-6-8(9)11(14-10)15-2/h12H,3-7H2,1-2H3. The molecule has 88 valence electrons. The first kappa shape index (κ1) is 11.3. The molecule has 0 amide bonds. The van der Waals surface area contributed by atoms with Gasteiger partial charge in [0.15, 0.2) is 0 Å². The third-order valence-electron chi connectivity index (χ3n) is 2.61. The molecule has 0 aliphatic carbocycles. The van der Waals surface area contributed by atoms with Crippen LogP contribution in [0.4, 0.5) is 0 Å². The second kappa shape index (κ2) is 5.23. The molecule has 1 aromatic rings. The van der Waals surface area contributed by atoms with Gasteiger partial charge >= 0.3 is 0 Å². The monoisotopic (exact) mass is 223 g/mol. The lowest BCUT2D eigenvalue weighted by molar-refractivity contribution is 0.132. The number of aromatic nitrogens is 2. The van der Waals surface area contributed by atoms with Crippen molar-refractivity contribution in [3.63, 3.8) is 0 Å². The molecule has 0 aromatic carbocycles. The van der Waals surface area contributed by atoms with Crippen LogP contribution < -0.4 is 10.1 Å². The fourth-order valence-electron chi connectivity index (χ4n) is 1.77. The van der Waals surface area contributed by atoms with E-state index in [1.165, 1.54) is 0 Å². The minimum absolute atomic E-state index is 0.565. The molecule has 0 atom stereocenters. The Bertz CT molecular complexity index is 368. The third-order valence-corrected chi connectivity index (χ3v) is 2.61. The molecule has 5 heteroatoms. The zero-order valence-electron chi connectivity index (χ0n) is 9.75. The molecule has 1 aromatic heterocycles. The molecule has 1 aliphatic rings. The van der Waals surface area contributed by atoms with Crippen molar-refractivity contribution in [3.8, 4) is 5.88 Å². The van der Waals surface area contributed by atoms with Crippen LogP contribution in [0.25, 0.3) is 0 Å². The lowest BCUT2D eigenvalue weighted by Gasteiger charge is -2.07. The van der Waals surface area contributed by atoms with Gasteiger partial charge in [-0.15, -0.1) is 0 Å². The van der Waals surface area contributed by atoms with Crippen LogP contribution in [0.5, 0.6) is 5.88 Å². The number of nitrogens with one attached hydrogen (secondary N) is 1. The van der Waals surface area contributed by atoms with Gasteiger partial charge in [0.25, 0.3) is 0 Å². The van der Waals surface area contributed by atoms with E-state index in [1.807, 2.05) is 7.05 Å². The maximum atomic E-state index is 5.34. The van der Waals surface area contributed by atoms with Crippen LogP contribution in [-0.2, 0) is 24.4 Å². The van der Waals surface area contributed by atoms with Crippen LogP contribution in [0, 0.1) is 0 Å². The molecule has 0 saturated heterocycles. The number of nitrogens with zero attached hydrogens (tertiary/aromatic N) is 2. The quantitative estimate of drug-likeness (QED) is 0.743. The summed E-state index contributed by atoms with van der Waals surface area (Å²) in [6.45, 7) is 2.11. The smallest absolute Gasteiger partial charge is 0.222 e. The van der Waals surface area contributed by atoms with Crippen molar-refractivity contribution in [2.45, 2.75) is 26.1 Å². The van der Waals surface area contributed by atoms with Crippen molar-refractivity contribution in [3.05, 3.63) is 17.1 Å². The van der Waals surface area contributed by atoms with Crippen molar-refractivity contribution in [2.24, 2.45) is 0 Å². The van der Waals surface area contributed by atoms with Crippen LogP contribution >= 0.6 is 0 Å². The molecular weight excluding hydrogens is 206 g/mol. The topological polar surface area (TPSA) is 56.3 Å². The normalized spacial score (nSPS) is 13.9. The van der Waals surface area contributed by atoms with E-state index in [-0.39, 0.29) is 0 Å². The number of hydrogen-bond acceptors (Lipinski definition) is 5. The summed E-state index contributed by atoms with van der Waals surface area (Å²) in [5.41, 5.74) is 1.98. The first-order valence-electron chi connectivity index (χ1n) is 5.50. The van der Waals surface area contributed by atoms with E-state index in [9.17, 15) is 0 Å². The third kappa shape index (κ3) is 2.31. The number of hydrogen-bond donors (Lipinski definition) is 1. The molecule has 1 aliphatic heterocycles. The molecule has 5 nitrogen and oxygen atoms in total. The highest BCUT2D eigenvalue weighted by molar-refractivity contribution is 5.32. The Hall–Kier alpha value is -1.20. The van der Waals surface area contributed by atoms with Crippen LogP contribution in [-0.4, -0.2) is 30.7 Å². The highest BCUT2D eigenvalue weighted by Gasteiger charge is 2.20. The summed E-state index contributed by atoms with van der Waals surface area (Å²) >= 11 is 0. The molecule has 0 bridgehead atoms. The zero-order valence-corrected chi connectivity index (χ0v) is 9.75. The molecular formula is C11H17N3O2. The van der Waals surface area contributed by atoms with Gasteiger partial charge in [-0.3, -0.25) is 0 Å². The van der Waals surface area contributed by atoms with Crippen LogP contribution in [0.3, 0.4) is 0 Å². The van der Waals surface area contributed by atoms with Crippen molar-refractivity contribution in [2.75, 3.05) is 20.7 Å². The predicted octanol–water partition coefficient (Wildman–Crippen LogP) is 0.667. The maximum absolute atomic E-state index is 5.34. The fourth-order valence-corrected chi connectivity index (χ4v) is 1.77. The van der Waals surface area contributed by atoms with Crippen molar-refractivity contribution in [1.29, 1.82) is 0 Å².